The van der Waals surface area contributed by atoms with Crippen molar-refractivity contribution in [1.82, 2.24) is 20.4 Å². The third-order valence-electron chi connectivity index (χ3n) is 6.05. The first-order chi connectivity index (χ1) is 15.2. The molecule has 1 aromatic carbocycles. The number of aliphatic hydroxyl groups excluding tert-OH is 1. The minimum atomic E-state index is -0.811. The zero-order valence-corrected chi connectivity index (χ0v) is 19.2. The lowest BCUT2D eigenvalue weighted by Crippen LogP contribution is -2.54. The molecule has 3 N–H and O–H groups in total. The topological polar surface area (TPSA) is 113 Å². The zero-order chi connectivity index (χ0) is 23.3. The predicted molar refractivity (Wildman–Crippen MR) is 122 cm³/mol. The molecule has 3 rings (SSSR count). The summed E-state index contributed by atoms with van der Waals surface area (Å²) in [6, 6.07) is 6.52. The molecule has 1 unspecified atom stereocenters. The average Bonchev–Trinajstić information content (AvgIpc) is 3.14. The van der Waals surface area contributed by atoms with Gasteiger partial charge in [-0.1, -0.05) is 58.2 Å². The van der Waals surface area contributed by atoms with Crippen LogP contribution in [0.4, 0.5) is 0 Å². The van der Waals surface area contributed by atoms with Gasteiger partial charge in [0.15, 0.2) is 11.5 Å². The Morgan fingerprint density at radius 1 is 1.16 bits per heavy atom. The molecular weight excluding hydrogens is 408 g/mol. The first kappa shape index (κ1) is 23.9. The van der Waals surface area contributed by atoms with Crippen LogP contribution >= 0.6 is 0 Å². The monoisotopic (exact) mass is 442 g/mol. The maximum absolute atomic E-state index is 13.2. The first-order valence-corrected chi connectivity index (χ1v) is 11.4. The summed E-state index contributed by atoms with van der Waals surface area (Å²) in [7, 11) is 0. The van der Waals surface area contributed by atoms with Crippen molar-refractivity contribution in [2.24, 2.45) is 11.3 Å². The highest BCUT2D eigenvalue weighted by Gasteiger charge is 2.34. The molecule has 8 nitrogen and oxygen atoms in total. The van der Waals surface area contributed by atoms with Crippen LogP contribution in [0.1, 0.15) is 63.4 Å². The quantitative estimate of drug-likeness (QED) is 0.581. The number of benzene rings is 1. The van der Waals surface area contributed by atoms with Crippen LogP contribution in [0.25, 0.3) is 10.9 Å². The van der Waals surface area contributed by atoms with Crippen molar-refractivity contribution in [3.63, 3.8) is 0 Å². The van der Waals surface area contributed by atoms with E-state index in [0.717, 1.165) is 31.2 Å². The molecule has 32 heavy (non-hydrogen) atoms. The first-order valence-electron chi connectivity index (χ1n) is 11.4. The summed E-state index contributed by atoms with van der Waals surface area (Å²) in [6.45, 7) is 5.64. The largest absolute Gasteiger partial charge is 0.395 e. The fraction of sp³-hybridized carbons (Fsp3) is 0.583. The number of nitrogens with one attached hydrogen (secondary N) is 2. The molecule has 2 aromatic rings. The second kappa shape index (κ2) is 10.3. The van der Waals surface area contributed by atoms with E-state index in [1.165, 1.54) is 6.42 Å². The summed E-state index contributed by atoms with van der Waals surface area (Å²) >= 11 is 0. The second-order valence-corrected chi connectivity index (χ2v) is 9.61. The van der Waals surface area contributed by atoms with Crippen molar-refractivity contribution in [2.45, 2.75) is 65.5 Å². The van der Waals surface area contributed by atoms with E-state index in [1.807, 2.05) is 39.0 Å². The summed E-state index contributed by atoms with van der Waals surface area (Å²) in [5.41, 5.74) is 0.366. The van der Waals surface area contributed by atoms with E-state index >= 15 is 0 Å². The molecule has 1 aliphatic rings. The Bertz CT molecular complexity index is 970. The minimum Gasteiger partial charge on any atom is -0.395 e. The highest BCUT2D eigenvalue weighted by Crippen LogP contribution is 2.26. The van der Waals surface area contributed by atoms with E-state index in [4.69, 9.17) is 5.11 Å². The molecule has 1 heterocycles. The molecule has 1 atom stereocenters. The third-order valence-corrected chi connectivity index (χ3v) is 6.05. The predicted octanol–water partition coefficient (Wildman–Crippen LogP) is 2.44. The number of nitrogens with zero attached hydrogens (tertiary/aromatic N) is 2. The van der Waals surface area contributed by atoms with Gasteiger partial charge in [0.05, 0.1) is 12.1 Å². The Hall–Kier alpha value is -2.74. The van der Waals surface area contributed by atoms with E-state index in [0.29, 0.717) is 5.39 Å². The summed E-state index contributed by atoms with van der Waals surface area (Å²) in [5, 5.41) is 19.6. The zero-order valence-electron chi connectivity index (χ0n) is 19.2. The van der Waals surface area contributed by atoms with E-state index in [1.54, 1.807) is 10.7 Å². The molecule has 0 spiro atoms. The Morgan fingerprint density at radius 2 is 1.84 bits per heavy atom. The number of amides is 2. The van der Waals surface area contributed by atoms with Gasteiger partial charge in [-0.25, -0.2) is 0 Å². The molecule has 1 aliphatic carbocycles. The van der Waals surface area contributed by atoms with Gasteiger partial charge in [-0.05, 0) is 24.3 Å². The van der Waals surface area contributed by atoms with Crippen molar-refractivity contribution in [3.8, 4) is 0 Å². The number of para-hydroxylation sites is 1. The number of hydrogen-bond donors (Lipinski definition) is 3. The molecule has 1 aromatic heterocycles. The number of carbonyl (C=O) groups is 3. The number of Topliss-reactive ketones (excluding diaryl/α,β-unsaturated/α-hetero) is 1. The molecule has 1 saturated carbocycles. The molecule has 2 amide bonds. The van der Waals surface area contributed by atoms with E-state index in [2.05, 4.69) is 15.7 Å². The minimum absolute atomic E-state index is 0.0597. The van der Waals surface area contributed by atoms with Gasteiger partial charge in [-0.15, -0.1) is 0 Å². The number of aromatic nitrogens is 2. The Kier molecular flexibility index (Phi) is 7.66. The van der Waals surface area contributed by atoms with Gasteiger partial charge < -0.3 is 15.7 Å². The maximum atomic E-state index is 13.2. The number of carbonyl (C=O) groups excluding carboxylic acids is 3. The fourth-order valence-corrected chi connectivity index (χ4v) is 4.27. The van der Waals surface area contributed by atoms with Gasteiger partial charge in [0.2, 0.25) is 5.91 Å². The summed E-state index contributed by atoms with van der Waals surface area (Å²) < 4.78 is 1.61. The number of ketones is 1. The lowest BCUT2D eigenvalue weighted by molar-refractivity contribution is -0.125. The average molecular weight is 443 g/mol. The number of aliphatic hydroxyl groups is 1. The summed E-state index contributed by atoms with van der Waals surface area (Å²) in [5.74, 6) is -0.620. The van der Waals surface area contributed by atoms with Crippen LogP contribution in [0.15, 0.2) is 24.3 Å². The van der Waals surface area contributed by atoms with Gasteiger partial charge in [0.25, 0.3) is 5.91 Å². The smallest absolute Gasteiger partial charge is 0.273 e. The van der Waals surface area contributed by atoms with Gasteiger partial charge in [-0.3, -0.25) is 19.1 Å². The van der Waals surface area contributed by atoms with Crippen molar-refractivity contribution in [2.75, 3.05) is 13.2 Å². The van der Waals surface area contributed by atoms with Gasteiger partial charge >= 0.3 is 0 Å². The van der Waals surface area contributed by atoms with Gasteiger partial charge in [0, 0.05) is 17.8 Å². The van der Waals surface area contributed by atoms with Crippen LogP contribution in [-0.2, 0) is 16.1 Å². The molecule has 0 radical (unpaired) electrons. The van der Waals surface area contributed by atoms with Crippen molar-refractivity contribution < 1.29 is 19.5 Å². The summed E-state index contributed by atoms with van der Waals surface area (Å²) in [4.78, 5) is 38.6. The summed E-state index contributed by atoms with van der Waals surface area (Å²) in [6.07, 6.45) is 5.18. The van der Waals surface area contributed by atoms with Crippen molar-refractivity contribution >= 4 is 28.5 Å². The molecule has 0 saturated heterocycles. The van der Waals surface area contributed by atoms with Crippen LogP contribution in [0.2, 0.25) is 0 Å². The molecule has 1 fully saturated rings. The molecular formula is C24H34N4O4. The SMILES string of the molecule is CC(C)(C)C(NC(=O)c1nn(CC(=O)C2CCCCC2)c2ccccc12)C(=O)NCCO. The third kappa shape index (κ3) is 5.54. The van der Waals surface area contributed by atoms with E-state index in [9.17, 15) is 14.4 Å². The lowest BCUT2D eigenvalue weighted by atomic mass is 9.86. The van der Waals surface area contributed by atoms with Crippen LogP contribution in [0, 0.1) is 11.3 Å². The molecule has 0 bridgehead atoms. The Morgan fingerprint density at radius 3 is 2.50 bits per heavy atom. The highest BCUT2D eigenvalue weighted by atomic mass is 16.3. The van der Waals surface area contributed by atoms with Crippen LogP contribution in [0.5, 0.6) is 0 Å². The van der Waals surface area contributed by atoms with Crippen molar-refractivity contribution in [3.05, 3.63) is 30.0 Å². The number of rotatable bonds is 8. The molecule has 0 aliphatic heterocycles. The maximum Gasteiger partial charge on any atom is 0.273 e. The lowest BCUT2D eigenvalue weighted by Gasteiger charge is -2.30. The Balaban J connectivity index is 1.85. The van der Waals surface area contributed by atoms with Gasteiger partial charge in [-0.2, -0.15) is 5.10 Å². The highest BCUT2D eigenvalue weighted by molar-refractivity contribution is 6.06. The standard InChI is InChI=1S/C24H34N4O4/c1-24(2,3)21(23(32)25-13-14-29)26-22(31)20-17-11-7-8-12-18(17)28(27-20)15-19(30)16-9-5-4-6-10-16/h7-8,11-12,16,21,29H,4-6,9-10,13-15H2,1-3H3,(H,25,32)(H,26,31). The van der Waals surface area contributed by atoms with Crippen LogP contribution in [0.3, 0.4) is 0 Å². The van der Waals surface area contributed by atoms with Crippen LogP contribution < -0.4 is 10.6 Å². The van der Waals surface area contributed by atoms with Gasteiger partial charge in [0.1, 0.15) is 12.6 Å². The Labute approximate surface area is 188 Å². The van der Waals surface area contributed by atoms with Crippen LogP contribution in [-0.4, -0.2) is 51.7 Å². The van der Waals surface area contributed by atoms with E-state index < -0.39 is 17.4 Å². The molecule has 174 valence electrons. The fourth-order valence-electron chi connectivity index (χ4n) is 4.27. The number of fused-ring (bicyclic) bond motifs is 1. The van der Waals surface area contributed by atoms with E-state index in [-0.39, 0.29) is 43.0 Å². The normalized spacial score (nSPS) is 16.0. The van der Waals surface area contributed by atoms with Crippen molar-refractivity contribution in [1.29, 1.82) is 0 Å². The number of hydrogen-bond acceptors (Lipinski definition) is 5. The molecule has 8 heteroatoms. The second-order valence-electron chi connectivity index (χ2n) is 9.61.